The molecular formula is C19H28O5S. The van der Waals surface area contributed by atoms with Crippen molar-refractivity contribution in [1.82, 2.24) is 0 Å². The Morgan fingerprint density at radius 3 is 2.52 bits per heavy atom. The molecule has 3 fully saturated rings. The first-order valence-electron chi connectivity index (χ1n) is 9.52. The van der Waals surface area contributed by atoms with Gasteiger partial charge in [0.15, 0.2) is 0 Å². The van der Waals surface area contributed by atoms with Gasteiger partial charge in [0.2, 0.25) is 0 Å². The zero-order valence-electron chi connectivity index (χ0n) is 15.0. The Kier molecular flexibility index (Phi) is 3.99. The molecule has 4 aliphatic rings. The normalized spacial score (nSPS) is 46.8. The molecule has 0 aliphatic heterocycles. The molecule has 0 amide bonds. The molecule has 0 radical (unpaired) electrons. The number of hydrogen-bond donors (Lipinski definition) is 1. The molecule has 0 spiro atoms. The van der Waals surface area contributed by atoms with E-state index in [-0.39, 0.29) is 10.8 Å². The molecule has 0 saturated heterocycles. The minimum absolute atomic E-state index is 0.0783. The van der Waals surface area contributed by atoms with Gasteiger partial charge < -0.3 is 0 Å². The number of rotatable bonds is 2. The summed E-state index contributed by atoms with van der Waals surface area (Å²) in [5.41, 5.74) is 1.25. The Hall–Kier alpha value is -0.720. The summed E-state index contributed by atoms with van der Waals surface area (Å²) in [6.45, 7) is 4.50. The molecule has 6 heteroatoms. The molecule has 6 atom stereocenters. The highest BCUT2D eigenvalue weighted by molar-refractivity contribution is 7.80. The summed E-state index contributed by atoms with van der Waals surface area (Å²) in [7, 11) is -4.40. The number of allylic oxidation sites excluding steroid dienone is 1. The van der Waals surface area contributed by atoms with Crippen molar-refractivity contribution >= 4 is 16.2 Å². The molecule has 0 bridgehead atoms. The molecule has 25 heavy (non-hydrogen) atoms. The number of ketones is 1. The van der Waals surface area contributed by atoms with Gasteiger partial charge in [0.05, 0.1) is 6.10 Å². The maximum Gasteiger partial charge on any atom is 0.397 e. The van der Waals surface area contributed by atoms with Gasteiger partial charge >= 0.3 is 10.4 Å². The first-order chi connectivity index (χ1) is 11.6. The lowest BCUT2D eigenvalue weighted by Crippen LogP contribution is -2.50. The van der Waals surface area contributed by atoms with Crippen LogP contribution in [0.25, 0.3) is 0 Å². The third-order valence-electron chi connectivity index (χ3n) is 8.03. The fraction of sp³-hybridized carbons (Fsp3) is 0.842. The average molecular weight is 368 g/mol. The number of carbonyl (C=O) groups is 1. The molecule has 0 aromatic heterocycles. The van der Waals surface area contributed by atoms with Crippen molar-refractivity contribution in [3.05, 3.63) is 11.6 Å². The maximum absolute atomic E-state index is 12.4. The molecule has 4 rings (SSSR count). The molecule has 5 nitrogen and oxygen atoms in total. The molecule has 140 valence electrons. The van der Waals surface area contributed by atoms with Crippen LogP contribution < -0.4 is 0 Å². The van der Waals surface area contributed by atoms with Crippen LogP contribution in [0.4, 0.5) is 0 Å². The van der Waals surface area contributed by atoms with Crippen molar-refractivity contribution in [3.63, 3.8) is 0 Å². The highest BCUT2D eigenvalue weighted by Crippen LogP contribution is 2.64. The molecule has 3 saturated carbocycles. The van der Waals surface area contributed by atoms with Crippen molar-refractivity contribution < 1.29 is 21.9 Å². The minimum atomic E-state index is -4.40. The lowest BCUT2D eigenvalue weighted by atomic mass is 9.48. The quantitative estimate of drug-likeness (QED) is 0.594. The van der Waals surface area contributed by atoms with Crippen molar-refractivity contribution in [2.24, 2.45) is 28.6 Å². The van der Waals surface area contributed by atoms with Gasteiger partial charge in [0.25, 0.3) is 0 Å². The van der Waals surface area contributed by atoms with E-state index >= 15 is 0 Å². The average Bonchev–Trinajstić information content (AvgIpc) is 2.82. The highest BCUT2D eigenvalue weighted by Gasteiger charge is 2.58. The van der Waals surface area contributed by atoms with E-state index in [9.17, 15) is 13.2 Å². The number of Topliss-reactive ketones (excluding diaryl/α,β-unsaturated/α-hetero) is 1. The summed E-state index contributed by atoms with van der Waals surface area (Å²) in [6, 6.07) is 0. The number of carbonyl (C=O) groups excluding carboxylic acids is 1. The van der Waals surface area contributed by atoms with E-state index in [1.54, 1.807) is 0 Å². The van der Waals surface area contributed by atoms with Crippen LogP contribution in [0.1, 0.15) is 65.2 Å². The fourth-order valence-electron chi connectivity index (χ4n) is 6.65. The van der Waals surface area contributed by atoms with Gasteiger partial charge in [0, 0.05) is 11.8 Å². The van der Waals surface area contributed by atoms with Gasteiger partial charge in [-0.15, -0.1) is 0 Å². The molecule has 0 heterocycles. The lowest BCUT2D eigenvalue weighted by Gasteiger charge is -2.56. The first kappa shape index (κ1) is 17.7. The summed E-state index contributed by atoms with van der Waals surface area (Å²) in [4.78, 5) is 12.4. The Morgan fingerprint density at radius 1 is 1.12 bits per heavy atom. The van der Waals surface area contributed by atoms with Crippen LogP contribution in [0.15, 0.2) is 11.6 Å². The molecule has 0 aromatic rings. The third-order valence-corrected chi connectivity index (χ3v) is 8.54. The van der Waals surface area contributed by atoms with Crippen molar-refractivity contribution in [2.75, 3.05) is 0 Å². The molecule has 1 N–H and O–H groups in total. The van der Waals surface area contributed by atoms with Crippen LogP contribution in [0, 0.1) is 28.6 Å². The second-order valence-electron chi connectivity index (χ2n) is 9.07. The second-order valence-corrected chi connectivity index (χ2v) is 10.1. The molecule has 4 aliphatic carbocycles. The van der Waals surface area contributed by atoms with E-state index in [1.165, 1.54) is 5.57 Å². The smallest absolute Gasteiger partial charge is 0.299 e. The standard InChI is InChI=1S/C19H28O5S/c1-18-9-7-13(24-25(21,22)23)11-12(18)3-4-14-15-5-6-17(20)19(15,2)10-8-16(14)18/h3,13-16H,4-11H2,1-2H3,(H,21,22,23)/t13-,14+,15-,16+,18-,19-/m1/s1. The molecular weight excluding hydrogens is 340 g/mol. The summed E-state index contributed by atoms with van der Waals surface area (Å²) < 4.78 is 35.9. The van der Waals surface area contributed by atoms with Gasteiger partial charge in [0.1, 0.15) is 5.78 Å². The van der Waals surface area contributed by atoms with E-state index in [1.807, 2.05) is 0 Å². The molecule has 0 unspecified atom stereocenters. The third kappa shape index (κ3) is 2.72. The van der Waals surface area contributed by atoms with E-state index in [4.69, 9.17) is 8.74 Å². The second kappa shape index (κ2) is 5.64. The minimum Gasteiger partial charge on any atom is -0.299 e. The summed E-state index contributed by atoms with van der Waals surface area (Å²) in [5.74, 6) is 2.10. The first-order valence-corrected chi connectivity index (χ1v) is 10.9. The predicted molar refractivity (Wildman–Crippen MR) is 93.1 cm³/mol. The Labute approximate surface area is 150 Å². The van der Waals surface area contributed by atoms with Crippen molar-refractivity contribution in [1.29, 1.82) is 0 Å². The highest BCUT2D eigenvalue weighted by atomic mass is 32.3. The summed E-state index contributed by atoms with van der Waals surface area (Å²) >= 11 is 0. The summed E-state index contributed by atoms with van der Waals surface area (Å²) in [5, 5.41) is 0. The zero-order valence-corrected chi connectivity index (χ0v) is 15.8. The van der Waals surface area contributed by atoms with Crippen LogP contribution in [0.5, 0.6) is 0 Å². The predicted octanol–water partition coefficient (Wildman–Crippen LogP) is 3.71. The van der Waals surface area contributed by atoms with Gasteiger partial charge in [-0.25, -0.2) is 4.18 Å². The van der Waals surface area contributed by atoms with E-state index in [0.717, 1.165) is 38.5 Å². The zero-order chi connectivity index (χ0) is 18.0. The topological polar surface area (TPSA) is 80.7 Å². The van der Waals surface area contributed by atoms with Gasteiger partial charge in [-0.05, 0) is 68.1 Å². The Bertz CT molecular complexity index is 726. The van der Waals surface area contributed by atoms with Crippen LogP contribution in [0.2, 0.25) is 0 Å². The van der Waals surface area contributed by atoms with Gasteiger partial charge in [-0.1, -0.05) is 25.5 Å². The number of fused-ring (bicyclic) bond motifs is 5. The SMILES string of the molecule is C[C@@]12CC[C@H]3[C@@H](CC=C4C[C@H](OS(=O)(=O)O)CC[C@]43C)[C@H]1CCC2=O. The number of hydrogen-bond acceptors (Lipinski definition) is 4. The maximum atomic E-state index is 12.4. The van der Waals surface area contributed by atoms with Gasteiger partial charge in [-0.2, -0.15) is 8.42 Å². The van der Waals surface area contributed by atoms with E-state index in [0.29, 0.717) is 36.4 Å². The van der Waals surface area contributed by atoms with Crippen LogP contribution >= 0.6 is 0 Å². The van der Waals surface area contributed by atoms with Crippen molar-refractivity contribution in [2.45, 2.75) is 71.3 Å². The van der Waals surface area contributed by atoms with E-state index in [2.05, 4.69) is 19.9 Å². The van der Waals surface area contributed by atoms with E-state index < -0.39 is 16.5 Å². The fourth-order valence-corrected chi connectivity index (χ4v) is 7.16. The van der Waals surface area contributed by atoms with Gasteiger partial charge in [-0.3, -0.25) is 9.35 Å². The summed E-state index contributed by atoms with van der Waals surface area (Å²) in [6.07, 6.45) is 8.79. The van der Waals surface area contributed by atoms with Crippen molar-refractivity contribution in [3.8, 4) is 0 Å². The molecule has 0 aromatic carbocycles. The lowest BCUT2D eigenvalue weighted by molar-refractivity contribution is -0.131. The van der Waals surface area contributed by atoms with Crippen LogP contribution in [-0.2, 0) is 19.4 Å². The van der Waals surface area contributed by atoms with Crippen LogP contribution in [0.3, 0.4) is 0 Å². The van der Waals surface area contributed by atoms with Crippen LogP contribution in [-0.4, -0.2) is 24.9 Å². The largest absolute Gasteiger partial charge is 0.397 e. The Balaban J connectivity index is 1.59. The Morgan fingerprint density at radius 2 is 1.80 bits per heavy atom. The monoisotopic (exact) mass is 368 g/mol.